The number of allylic oxidation sites excluding steroid dienone is 2. The van der Waals surface area contributed by atoms with Crippen molar-refractivity contribution in [3.05, 3.63) is 45.9 Å². The first kappa shape index (κ1) is 21.3. The number of hydrogen-bond acceptors (Lipinski definition) is 3. The Hall–Kier alpha value is -2.37. The van der Waals surface area contributed by atoms with Crippen LogP contribution in [0.15, 0.2) is 29.3 Å². The number of fused-ring (bicyclic) bond motifs is 2. The summed E-state index contributed by atoms with van der Waals surface area (Å²) >= 11 is 0. The summed E-state index contributed by atoms with van der Waals surface area (Å²) in [7, 11) is 1.69. The molecule has 0 spiro atoms. The number of carbonyl (C=O) groups excluding carboxylic acids is 2. The Morgan fingerprint density at radius 1 is 1.14 bits per heavy atom. The van der Waals surface area contributed by atoms with Crippen LogP contribution in [0.4, 0.5) is 0 Å². The van der Waals surface area contributed by atoms with Gasteiger partial charge in [-0.25, -0.2) is 0 Å². The zero-order chi connectivity index (χ0) is 21.3. The van der Waals surface area contributed by atoms with E-state index in [0.717, 1.165) is 6.42 Å². The summed E-state index contributed by atoms with van der Waals surface area (Å²) in [5.41, 5.74) is -0.397. The zero-order valence-electron chi connectivity index (χ0n) is 18.1. The second-order valence-corrected chi connectivity index (χ2v) is 9.29. The van der Waals surface area contributed by atoms with Crippen molar-refractivity contribution in [2.45, 2.75) is 46.6 Å². The van der Waals surface area contributed by atoms with E-state index >= 15 is 0 Å². The standard InChI is InChI=1S/C23H33N3O3/c1-14(2)11-25(5)23(29)20-13-26(15(3)4)12-19(21(20)27)22(28)24-10-18-9-16-6-7-17(18)8-16/h6-7,12-18H,8-11H2,1-5H3,(H,24,28)/t16-,17+,18-/m0/s1. The van der Waals surface area contributed by atoms with Crippen molar-refractivity contribution >= 4 is 11.8 Å². The largest absolute Gasteiger partial charge is 0.352 e. The minimum Gasteiger partial charge on any atom is -0.352 e. The number of aromatic nitrogens is 1. The number of rotatable bonds is 7. The first-order chi connectivity index (χ1) is 13.7. The first-order valence-corrected chi connectivity index (χ1v) is 10.6. The molecule has 0 aromatic carbocycles. The fraction of sp³-hybridized carbons (Fsp3) is 0.609. The quantitative estimate of drug-likeness (QED) is 0.716. The van der Waals surface area contributed by atoms with E-state index in [0.29, 0.717) is 36.8 Å². The molecule has 0 unspecified atom stereocenters. The van der Waals surface area contributed by atoms with Crippen molar-refractivity contribution in [3.8, 4) is 0 Å². The highest BCUT2D eigenvalue weighted by molar-refractivity contribution is 5.99. The van der Waals surface area contributed by atoms with E-state index in [2.05, 4.69) is 17.5 Å². The van der Waals surface area contributed by atoms with Crippen LogP contribution in [0.3, 0.4) is 0 Å². The lowest BCUT2D eigenvalue weighted by atomic mass is 9.93. The first-order valence-electron chi connectivity index (χ1n) is 10.6. The van der Waals surface area contributed by atoms with Crippen molar-refractivity contribution < 1.29 is 9.59 Å². The molecular weight excluding hydrogens is 366 g/mol. The predicted octanol–water partition coefficient (Wildman–Crippen LogP) is 3.10. The third kappa shape index (κ3) is 4.62. The van der Waals surface area contributed by atoms with E-state index in [1.807, 2.05) is 27.7 Å². The van der Waals surface area contributed by atoms with Gasteiger partial charge in [0.15, 0.2) is 0 Å². The molecule has 2 aliphatic carbocycles. The molecule has 1 saturated carbocycles. The molecule has 0 saturated heterocycles. The van der Waals surface area contributed by atoms with Gasteiger partial charge in [-0.1, -0.05) is 26.0 Å². The van der Waals surface area contributed by atoms with E-state index in [1.165, 1.54) is 6.42 Å². The van der Waals surface area contributed by atoms with Gasteiger partial charge in [-0.05, 0) is 50.4 Å². The molecule has 1 aromatic rings. The Labute approximate surface area is 173 Å². The van der Waals surface area contributed by atoms with Gasteiger partial charge in [0.1, 0.15) is 11.1 Å². The highest BCUT2D eigenvalue weighted by Gasteiger charge is 2.35. The minimum absolute atomic E-state index is 0.0276. The normalized spacial score (nSPS) is 22.5. The van der Waals surface area contributed by atoms with Gasteiger partial charge in [0, 0.05) is 38.6 Å². The lowest BCUT2D eigenvalue weighted by Gasteiger charge is -2.21. The molecule has 1 heterocycles. The fourth-order valence-electron chi connectivity index (χ4n) is 4.49. The van der Waals surface area contributed by atoms with E-state index in [9.17, 15) is 14.4 Å². The Morgan fingerprint density at radius 2 is 1.83 bits per heavy atom. The molecule has 1 fully saturated rings. The van der Waals surface area contributed by atoms with Gasteiger partial charge in [-0.15, -0.1) is 0 Å². The maximum atomic E-state index is 13.0. The van der Waals surface area contributed by atoms with E-state index in [4.69, 9.17) is 0 Å². The molecule has 2 amide bonds. The van der Waals surface area contributed by atoms with Crippen LogP contribution in [0.2, 0.25) is 0 Å². The highest BCUT2D eigenvalue weighted by atomic mass is 16.2. The maximum absolute atomic E-state index is 13.0. The van der Waals surface area contributed by atoms with Crippen LogP contribution in [0.5, 0.6) is 0 Å². The highest BCUT2D eigenvalue weighted by Crippen LogP contribution is 2.42. The Morgan fingerprint density at radius 3 is 2.38 bits per heavy atom. The van der Waals surface area contributed by atoms with Gasteiger partial charge in [0.05, 0.1) is 0 Å². The number of nitrogens with one attached hydrogen (secondary N) is 1. The molecule has 2 aliphatic rings. The van der Waals surface area contributed by atoms with Crippen LogP contribution >= 0.6 is 0 Å². The second kappa shape index (κ2) is 8.56. The second-order valence-electron chi connectivity index (χ2n) is 9.29. The van der Waals surface area contributed by atoms with Crippen LogP contribution in [-0.2, 0) is 0 Å². The Balaban J connectivity index is 1.82. The monoisotopic (exact) mass is 399 g/mol. The average molecular weight is 400 g/mol. The van der Waals surface area contributed by atoms with E-state index < -0.39 is 11.3 Å². The summed E-state index contributed by atoms with van der Waals surface area (Å²) in [6.45, 7) is 9.07. The van der Waals surface area contributed by atoms with Crippen LogP contribution in [-0.4, -0.2) is 41.4 Å². The van der Waals surface area contributed by atoms with Crippen LogP contribution < -0.4 is 10.7 Å². The third-order valence-electron chi connectivity index (χ3n) is 6.04. The molecule has 1 aromatic heterocycles. The molecule has 0 radical (unpaired) electrons. The Bertz CT molecular complexity index is 869. The number of carbonyl (C=O) groups is 2. The molecule has 29 heavy (non-hydrogen) atoms. The minimum atomic E-state index is -0.493. The molecule has 0 aliphatic heterocycles. The smallest absolute Gasteiger partial charge is 0.259 e. The third-order valence-corrected chi connectivity index (χ3v) is 6.04. The van der Waals surface area contributed by atoms with Crippen LogP contribution in [0, 0.1) is 23.7 Å². The Kier molecular flexibility index (Phi) is 6.30. The van der Waals surface area contributed by atoms with Crippen molar-refractivity contribution in [1.29, 1.82) is 0 Å². The molecular formula is C23H33N3O3. The lowest BCUT2D eigenvalue weighted by Crippen LogP contribution is -2.38. The molecule has 1 N–H and O–H groups in total. The number of amides is 2. The van der Waals surface area contributed by atoms with E-state index in [1.54, 1.807) is 28.9 Å². The topological polar surface area (TPSA) is 71.4 Å². The van der Waals surface area contributed by atoms with Gasteiger partial charge in [-0.3, -0.25) is 14.4 Å². The SMILES string of the molecule is CC(C)CN(C)C(=O)c1cn(C(C)C)cc(C(=O)NC[C@@H]2C[C@H]3C=C[C@@H]2C3)c1=O. The average Bonchev–Trinajstić information content (AvgIpc) is 3.28. The molecule has 158 valence electrons. The number of hydrogen-bond donors (Lipinski definition) is 1. The molecule has 3 atom stereocenters. The molecule has 6 heteroatoms. The van der Waals surface area contributed by atoms with E-state index in [-0.39, 0.29) is 23.1 Å². The summed E-state index contributed by atoms with van der Waals surface area (Å²) < 4.78 is 1.77. The number of nitrogens with zero attached hydrogens (tertiary/aromatic N) is 2. The van der Waals surface area contributed by atoms with Gasteiger partial charge in [0.25, 0.3) is 11.8 Å². The molecule has 3 rings (SSSR count). The fourth-order valence-corrected chi connectivity index (χ4v) is 4.49. The van der Waals surface area contributed by atoms with Gasteiger partial charge >= 0.3 is 0 Å². The van der Waals surface area contributed by atoms with Gasteiger partial charge in [0.2, 0.25) is 5.43 Å². The summed E-state index contributed by atoms with van der Waals surface area (Å²) in [5.74, 6) is 1.16. The molecule has 2 bridgehead atoms. The van der Waals surface area contributed by atoms with Gasteiger partial charge < -0.3 is 14.8 Å². The summed E-state index contributed by atoms with van der Waals surface area (Å²) in [6, 6.07) is 0.0276. The van der Waals surface area contributed by atoms with Crippen molar-refractivity contribution in [2.24, 2.45) is 23.7 Å². The van der Waals surface area contributed by atoms with Crippen molar-refractivity contribution in [2.75, 3.05) is 20.1 Å². The van der Waals surface area contributed by atoms with Crippen LogP contribution in [0.1, 0.15) is 67.3 Å². The van der Waals surface area contributed by atoms with Crippen molar-refractivity contribution in [1.82, 2.24) is 14.8 Å². The summed E-state index contributed by atoms with van der Waals surface area (Å²) in [5, 5.41) is 2.95. The lowest BCUT2D eigenvalue weighted by molar-refractivity contribution is 0.0777. The predicted molar refractivity (Wildman–Crippen MR) is 114 cm³/mol. The van der Waals surface area contributed by atoms with Crippen molar-refractivity contribution in [3.63, 3.8) is 0 Å². The summed E-state index contributed by atoms with van der Waals surface area (Å²) in [4.78, 5) is 40.3. The van der Waals surface area contributed by atoms with Gasteiger partial charge in [-0.2, -0.15) is 0 Å². The molecule has 6 nitrogen and oxygen atoms in total. The van der Waals surface area contributed by atoms with Crippen LogP contribution in [0.25, 0.3) is 0 Å². The number of pyridine rings is 1. The zero-order valence-corrected chi connectivity index (χ0v) is 18.1. The maximum Gasteiger partial charge on any atom is 0.259 e. The summed E-state index contributed by atoms with van der Waals surface area (Å²) in [6.07, 6.45) is 9.93.